The van der Waals surface area contributed by atoms with E-state index < -0.39 is 23.5 Å². The topological polar surface area (TPSA) is 95.9 Å². The maximum absolute atomic E-state index is 13.2. The molecular formula is C27H30N2O5. The van der Waals surface area contributed by atoms with Crippen molar-refractivity contribution in [1.29, 1.82) is 0 Å². The van der Waals surface area contributed by atoms with Gasteiger partial charge in [-0.05, 0) is 61.3 Å². The van der Waals surface area contributed by atoms with E-state index in [0.29, 0.717) is 13.0 Å². The van der Waals surface area contributed by atoms with Crippen LogP contribution >= 0.6 is 0 Å². The number of alkyl carbamates (subject to hydrolysis) is 1. The smallest absolute Gasteiger partial charge is 0.407 e. The molecule has 0 heterocycles. The molecule has 2 aromatic carbocycles. The Hall–Kier alpha value is -3.35. The van der Waals surface area contributed by atoms with E-state index in [1.54, 1.807) is 13.8 Å². The highest BCUT2D eigenvalue weighted by Gasteiger charge is 2.66. The monoisotopic (exact) mass is 462 g/mol. The molecule has 4 atom stereocenters. The number of carbonyl (C=O) groups excluding carboxylic acids is 2. The predicted octanol–water partition coefficient (Wildman–Crippen LogP) is 4.02. The summed E-state index contributed by atoms with van der Waals surface area (Å²) in [4.78, 5) is 38.7. The van der Waals surface area contributed by atoms with Gasteiger partial charge in [-0.3, -0.25) is 4.79 Å². The first-order chi connectivity index (χ1) is 16.4. The fraction of sp³-hybridized carbons (Fsp3) is 0.444. The van der Waals surface area contributed by atoms with E-state index in [4.69, 9.17) is 4.74 Å². The zero-order valence-electron chi connectivity index (χ0n) is 19.5. The molecule has 3 aliphatic rings. The lowest BCUT2D eigenvalue weighted by atomic mass is 9.98. The van der Waals surface area contributed by atoms with Gasteiger partial charge in [0.1, 0.15) is 12.6 Å². The van der Waals surface area contributed by atoms with E-state index in [2.05, 4.69) is 29.6 Å². The number of likely N-dealkylation sites (N-methyl/N-ethyl adjacent to an activating group) is 1. The second-order valence-corrected chi connectivity index (χ2v) is 9.77. The number of hydrogen-bond acceptors (Lipinski definition) is 4. The van der Waals surface area contributed by atoms with Gasteiger partial charge in [0.2, 0.25) is 5.91 Å². The molecule has 2 fully saturated rings. The molecule has 0 spiro atoms. The van der Waals surface area contributed by atoms with Crippen LogP contribution in [0.5, 0.6) is 0 Å². The molecule has 0 bridgehead atoms. The number of amides is 2. The van der Waals surface area contributed by atoms with Gasteiger partial charge in [-0.15, -0.1) is 0 Å². The predicted molar refractivity (Wildman–Crippen MR) is 126 cm³/mol. The van der Waals surface area contributed by atoms with Crippen LogP contribution in [0, 0.1) is 11.3 Å². The molecule has 0 aliphatic heterocycles. The molecule has 2 saturated carbocycles. The van der Waals surface area contributed by atoms with Crippen LogP contribution in [-0.2, 0) is 14.3 Å². The molecule has 2 N–H and O–H groups in total. The van der Waals surface area contributed by atoms with Gasteiger partial charge < -0.3 is 20.1 Å². The third-order valence-electron chi connectivity index (χ3n) is 7.93. The first-order valence-corrected chi connectivity index (χ1v) is 12.0. The van der Waals surface area contributed by atoms with Crippen molar-refractivity contribution in [3.05, 3.63) is 59.7 Å². The normalized spacial score (nSPS) is 25.0. The first-order valence-electron chi connectivity index (χ1n) is 12.0. The fourth-order valence-electron chi connectivity index (χ4n) is 6.08. The van der Waals surface area contributed by atoms with E-state index in [1.165, 1.54) is 16.0 Å². The standard InChI is InChI=1S/C27H30N2O5/c1-3-29(16(2)24(30)31)25(32)27-13-17(27)12-18(14-27)28-26(33)34-15-23-21-10-6-4-8-19(21)20-9-5-7-11-22(20)23/h4-11,16-18,23H,3,12-15H2,1-2H3,(H,28,33)(H,30,31). The Kier molecular flexibility index (Phi) is 5.58. The van der Waals surface area contributed by atoms with Gasteiger partial charge in [0, 0.05) is 18.5 Å². The van der Waals surface area contributed by atoms with Crippen molar-refractivity contribution in [3.63, 3.8) is 0 Å². The second kappa shape index (κ2) is 8.46. The minimum Gasteiger partial charge on any atom is -0.480 e. The number of carbonyl (C=O) groups is 3. The molecule has 34 heavy (non-hydrogen) atoms. The molecule has 2 aromatic rings. The Balaban J connectivity index is 1.20. The zero-order valence-corrected chi connectivity index (χ0v) is 19.5. The van der Waals surface area contributed by atoms with E-state index in [1.807, 2.05) is 24.3 Å². The summed E-state index contributed by atoms with van der Waals surface area (Å²) >= 11 is 0. The SMILES string of the molecule is CCN(C(=O)C12CC(NC(=O)OCC3c4ccccc4-c4ccccc43)CC1C2)C(C)C(=O)O. The number of nitrogens with one attached hydrogen (secondary N) is 1. The largest absolute Gasteiger partial charge is 0.480 e. The summed E-state index contributed by atoms with van der Waals surface area (Å²) in [7, 11) is 0. The number of hydrogen-bond donors (Lipinski definition) is 2. The number of aliphatic carboxylic acids is 1. The van der Waals surface area contributed by atoms with Crippen molar-refractivity contribution in [2.75, 3.05) is 13.2 Å². The van der Waals surface area contributed by atoms with E-state index >= 15 is 0 Å². The Morgan fingerprint density at radius 3 is 2.29 bits per heavy atom. The van der Waals surface area contributed by atoms with Crippen LogP contribution in [0.25, 0.3) is 11.1 Å². The second-order valence-electron chi connectivity index (χ2n) is 9.77. The van der Waals surface area contributed by atoms with Crippen LogP contribution in [0.4, 0.5) is 4.79 Å². The zero-order chi connectivity index (χ0) is 24.0. The molecule has 2 amide bonds. The summed E-state index contributed by atoms with van der Waals surface area (Å²) in [6.07, 6.45) is 1.54. The van der Waals surface area contributed by atoms with E-state index in [9.17, 15) is 19.5 Å². The van der Waals surface area contributed by atoms with Crippen LogP contribution in [-0.4, -0.2) is 53.2 Å². The highest BCUT2D eigenvalue weighted by atomic mass is 16.5. The summed E-state index contributed by atoms with van der Waals surface area (Å²) in [6.45, 7) is 3.94. The number of fused-ring (bicyclic) bond motifs is 4. The van der Waals surface area contributed by atoms with Crippen molar-refractivity contribution in [3.8, 4) is 11.1 Å². The maximum Gasteiger partial charge on any atom is 0.407 e. The highest BCUT2D eigenvalue weighted by molar-refractivity contribution is 5.90. The molecule has 0 aromatic heterocycles. The van der Waals surface area contributed by atoms with Gasteiger partial charge in [-0.1, -0.05) is 48.5 Å². The van der Waals surface area contributed by atoms with Gasteiger partial charge in [0.05, 0.1) is 5.41 Å². The lowest BCUT2D eigenvalue weighted by Crippen LogP contribution is -2.47. The first kappa shape index (κ1) is 22.4. The summed E-state index contributed by atoms with van der Waals surface area (Å²) < 4.78 is 5.66. The van der Waals surface area contributed by atoms with Crippen molar-refractivity contribution >= 4 is 18.0 Å². The van der Waals surface area contributed by atoms with Gasteiger partial charge >= 0.3 is 12.1 Å². The summed E-state index contributed by atoms with van der Waals surface area (Å²) in [6, 6.07) is 15.4. The Bertz CT molecular complexity index is 1100. The summed E-state index contributed by atoms with van der Waals surface area (Å²) in [5.41, 5.74) is 4.14. The van der Waals surface area contributed by atoms with Crippen LogP contribution in [0.3, 0.4) is 0 Å². The lowest BCUT2D eigenvalue weighted by molar-refractivity contribution is -0.152. The number of ether oxygens (including phenoxy) is 1. The Morgan fingerprint density at radius 1 is 1.09 bits per heavy atom. The maximum atomic E-state index is 13.2. The van der Waals surface area contributed by atoms with Crippen LogP contribution in [0.1, 0.15) is 50.2 Å². The van der Waals surface area contributed by atoms with Gasteiger partial charge in [-0.2, -0.15) is 0 Å². The average molecular weight is 463 g/mol. The minimum atomic E-state index is -1.00. The lowest BCUT2D eigenvalue weighted by Gasteiger charge is -2.29. The van der Waals surface area contributed by atoms with E-state index in [-0.39, 0.29) is 30.4 Å². The van der Waals surface area contributed by atoms with Gasteiger partial charge in [-0.25, -0.2) is 9.59 Å². The highest BCUT2D eigenvalue weighted by Crippen LogP contribution is 2.64. The van der Waals surface area contributed by atoms with Gasteiger partial charge in [0.25, 0.3) is 0 Å². The molecule has 7 heteroatoms. The molecule has 3 aliphatic carbocycles. The Labute approximate surface area is 199 Å². The quantitative estimate of drug-likeness (QED) is 0.648. The van der Waals surface area contributed by atoms with Gasteiger partial charge in [0.15, 0.2) is 0 Å². The summed E-state index contributed by atoms with van der Waals surface area (Å²) in [5.74, 6) is -0.922. The third-order valence-corrected chi connectivity index (χ3v) is 7.93. The fourth-order valence-corrected chi connectivity index (χ4v) is 6.08. The average Bonchev–Trinajstić information content (AvgIpc) is 3.26. The number of benzene rings is 2. The number of rotatable bonds is 7. The molecular weight excluding hydrogens is 432 g/mol. The minimum absolute atomic E-state index is 0.00123. The van der Waals surface area contributed by atoms with Crippen molar-refractivity contribution in [2.24, 2.45) is 11.3 Å². The summed E-state index contributed by atoms with van der Waals surface area (Å²) in [5, 5.41) is 12.3. The van der Waals surface area contributed by atoms with E-state index in [0.717, 1.165) is 24.0 Å². The molecule has 0 radical (unpaired) electrons. The van der Waals surface area contributed by atoms with Crippen molar-refractivity contribution < 1.29 is 24.2 Å². The van der Waals surface area contributed by atoms with Crippen LogP contribution < -0.4 is 5.32 Å². The Morgan fingerprint density at radius 2 is 1.71 bits per heavy atom. The number of carboxylic acids is 1. The molecule has 4 unspecified atom stereocenters. The van der Waals surface area contributed by atoms with Crippen molar-refractivity contribution in [2.45, 2.75) is 51.1 Å². The number of carboxylic acid groups (broad SMARTS) is 1. The molecule has 0 saturated heterocycles. The molecule has 5 rings (SSSR count). The van der Waals surface area contributed by atoms with Crippen LogP contribution in [0.2, 0.25) is 0 Å². The van der Waals surface area contributed by atoms with Crippen molar-refractivity contribution in [1.82, 2.24) is 10.2 Å². The van der Waals surface area contributed by atoms with Crippen LogP contribution in [0.15, 0.2) is 48.5 Å². The molecule has 178 valence electrons. The molecule has 7 nitrogen and oxygen atoms in total. The third kappa shape index (κ3) is 3.63. The number of nitrogens with zero attached hydrogens (tertiary/aromatic N) is 1.